The number of guanidine groups is 1. The first-order valence-electron chi connectivity index (χ1n) is 8.64. The number of aliphatic imine (C=N–C) groups is 1. The van der Waals surface area contributed by atoms with Crippen molar-refractivity contribution in [2.24, 2.45) is 10.9 Å². The summed E-state index contributed by atoms with van der Waals surface area (Å²) in [5, 5.41) is 6.65. The Hall–Kier alpha value is -1.56. The molecule has 1 unspecified atom stereocenters. The fraction of sp³-hybridized carbons (Fsp3) is 0.611. The van der Waals surface area contributed by atoms with Crippen LogP contribution in [-0.4, -0.2) is 34.2 Å². The summed E-state index contributed by atoms with van der Waals surface area (Å²) in [4.78, 5) is 4.59. The normalized spacial score (nSPS) is 13.6. The van der Waals surface area contributed by atoms with E-state index in [0.717, 1.165) is 24.5 Å². The van der Waals surface area contributed by atoms with Crippen molar-refractivity contribution in [2.45, 2.75) is 51.0 Å². The third-order valence-corrected chi connectivity index (χ3v) is 5.26. The van der Waals surface area contributed by atoms with Crippen molar-refractivity contribution in [3.8, 4) is 0 Å². The lowest BCUT2D eigenvalue weighted by molar-refractivity contribution is 0.443. The van der Waals surface area contributed by atoms with Gasteiger partial charge in [0.15, 0.2) is 15.8 Å². The fourth-order valence-electron chi connectivity index (χ4n) is 2.45. The average Bonchev–Trinajstić information content (AvgIpc) is 2.57. The number of sulfone groups is 1. The monoisotopic (exact) mass is 353 g/mol. The Morgan fingerprint density at radius 1 is 1.17 bits per heavy atom. The maximum absolute atomic E-state index is 11.5. The van der Waals surface area contributed by atoms with E-state index in [1.54, 1.807) is 19.2 Å². The highest BCUT2D eigenvalue weighted by Gasteiger charge is 2.08. The van der Waals surface area contributed by atoms with E-state index in [0.29, 0.717) is 17.4 Å². The Morgan fingerprint density at radius 3 is 2.33 bits per heavy atom. The molecule has 6 heteroatoms. The van der Waals surface area contributed by atoms with Crippen LogP contribution in [0, 0.1) is 5.92 Å². The molecule has 1 rings (SSSR count). The SMILES string of the molecule is CCCCC(CC)CNC(=NC)NCc1ccc(S(C)(=O)=O)cc1. The van der Waals surface area contributed by atoms with Crippen LogP contribution in [0.5, 0.6) is 0 Å². The molecule has 0 saturated heterocycles. The molecule has 0 bridgehead atoms. The third kappa shape index (κ3) is 7.34. The van der Waals surface area contributed by atoms with Gasteiger partial charge in [-0.3, -0.25) is 4.99 Å². The summed E-state index contributed by atoms with van der Waals surface area (Å²) < 4.78 is 22.9. The van der Waals surface area contributed by atoms with Crippen molar-refractivity contribution in [3.63, 3.8) is 0 Å². The zero-order valence-electron chi connectivity index (χ0n) is 15.3. The summed E-state index contributed by atoms with van der Waals surface area (Å²) in [7, 11) is -1.38. The molecule has 0 amide bonds. The smallest absolute Gasteiger partial charge is 0.191 e. The van der Waals surface area contributed by atoms with Crippen molar-refractivity contribution in [1.82, 2.24) is 10.6 Å². The minimum atomic E-state index is -3.14. The molecule has 2 N–H and O–H groups in total. The van der Waals surface area contributed by atoms with Gasteiger partial charge in [0.2, 0.25) is 0 Å². The molecule has 0 fully saturated rings. The minimum Gasteiger partial charge on any atom is -0.356 e. The molecule has 1 atom stereocenters. The second-order valence-corrected chi connectivity index (χ2v) is 8.16. The van der Waals surface area contributed by atoms with Gasteiger partial charge in [-0.1, -0.05) is 45.2 Å². The summed E-state index contributed by atoms with van der Waals surface area (Å²) in [6, 6.07) is 6.93. The second-order valence-electron chi connectivity index (χ2n) is 6.14. The van der Waals surface area contributed by atoms with E-state index in [2.05, 4.69) is 29.5 Å². The van der Waals surface area contributed by atoms with Gasteiger partial charge in [0, 0.05) is 26.4 Å². The van der Waals surface area contributed by atoms with Crippen molar-refractivity contribution in [2.75, 3.05) is 19.8 Å². The second kappa shape index (κ2) is 10.3. The molecule has 136 valence electrons. The number of benzene rings is 1. The van der Waals surface area contributed by atoms with Crippen molar-refractivity contribution in [1.29, 1.82) is 0 Å². The molecule has 1 aromatic rings. The van der Waals surface area contributed by atoms with E-state index in [-0.39, 0.29) is 0 Å². The van der Waals surface area contributed by atoms with Crippen LogP contribution >= 0.6 is 0 Å². The lowest BCUT2D eigenvalue weighted by Crippen LogP contribution is -2.39. The molecule has 24 heavy (non-hydrogen) atoms. The molecule has 0 aliphatic heterocycles. The number of hydrogen-bond acceptors (Lipinski definition) is 3. The number of unbranched alkanes of at least 4 members (excludes halogenated alkanes) is 1. The largest absolute Gasteiger partial charge is 0.356 e. The summed E-state index contributed by atoms with van der Waals surface area (Å²) >= 11 is 0. The van der Waals surface area contributed by atoms with E-state index in [1.165, 1.54) is 25.5 Å². The van der Waals surface area contributed by atoms with Crippen LogP contribution in [0.2, 0.25) is 0 Å². The maximum Gasteiger partial charge on any atom is 0.191 e. The van der Waals surface area contributed by atoms with Crippen molar-refractivity contribution < 1.29 is 8.42 Å². The molecule has 5 nitrogen and oxygen atoms in total. The minimum absolute atomic E-state index is 0.343. The molecule has 0 aromatic heterocycles. The van der Waals surface area contributed by atoms with Gasteiger partial charge >= 0.3 is 0 Å². The Labute approximate surface area is 146 Å². The average molecular weight is 354 g/mol. The fourth-order valence-corrected chi connectivity index (χ4v) is 3.08. The van der Waals surface area contributed by atoms with Crippen molar-refractivity contribution in [3.05, 3.63) is 29.8 Å². The summed E-state index contributed by atoms with van der Waals surface area (Å²) in [5.74, 6) is 1.44. The van der Waals surface area contributed by atoms with Crippen LogP contribution < -0.4 is 10.6 Å². The molecule has 1 aromatic carbocycles. The van der Waals surface area contributed by atoms with Crippen LogP contribution in [-0.2, 0) is 16.4 Å². The zero-order chi connectivity index (χ0) is 18.0. The maximum atomic E-state index is 11.5. The van der Waals surface area contributed by atoms with E-state index < -0.39 is 9.84 Å². The van der Waals surface area contributed by atoms with Crippen molar-refractivity contribution >= 4 is 15.8 Å². The van der Waals surface area contributed by atoms with Gasteiger partial charge in [-0.05, 0) is 30.0 Å². The van der Waals surface area contributed by atoms with Crippen LogP contribution in [0.1, 0.15) is 45.1 Å². The quantitative estimate of drug-likeness (QED) is 0.529. The topological polar surface area (TPSA) is 70.6 Å². The molecule has 0 aliphatic rings. The molecule has 0 aliphatic carbocycles. The van der Waals surface area contributed by atoms with Gasteiger partial charge in [-0.2, -0.15) is 0 Å². The lowest BCUT2D eigenvalue weighted by atomic mass is 9.99. The van der Waals surface area contributed by atoms with Gasteiger partial charge in [0.05, 0.1) is 4.90 Å². The Bertz CT molecular complexity index is 610. The molecule has 0 radical (unpaired) electrons. The van der Waals surface area contributed by atoms with Gasteiger partial charge in [-0.25, -0.2) is 8.42 Å². The lowest BCUT2D eigenvalue weighted by Gasteiger charge is -2.18. The number of nitrogens with one attached hydrogen (secondary N) is 2. The van der Waals surface area contributed by atoms with Crippen LogP contribution in [0.3, 0.4) is 0 Å². The third-order valence-electron chi connectivity index (χ3n) is 4.14. The van der Waals surface area contributed by atoms with Gasteiger partial charge < -0.3 is 10.6 Å². The highest BCUT2D eigenvalue weighted by molar-refractivity contribution is 7.90. The first-order valence-corrected chi connectivity index (χ1v) is 10.5. The first-order chi connectivity index (χ1) is 11.4. The predicted molar refractivity (Wildman–Crippen MR) is 101 cm³/mol. The Kier molecular flexibility index (Phi) is 8.82. The van der Waals surface area contributed by atoms with Gasteiger partial charge in [0.25, 0.3) is 0 Å². The van der Waals surface area contributed by atoms with E-state index in [9.17, 15) is 8.42 Å². The summed E-state index contributed by atoms with van der Waals surface area (Å²) in [6.07, 6.45) is 6.11. The number of nitrogens with zero attached hydrogens (tertiary/aromatic N) is 1. The predicted octanol–water partition coefficient (Wildman–Crippen LogP) is 2.97. The highest BCUT2D eigenvalue weighted by atomic mass is 32.2. The van der Waals surface area contributed by atoms with E-state index >= 15 is 0 Å². The Balaban J connectivity index is 2.49. The van der Waals surface area contributed by atoms with Gasteiger partial charge in [-0.15, -0.1) is 0 Å². The molecular formula is C18H31N3O2S. The van der Waals surface area contributed by atoms with Crippen LogP contribution in [0.4, 0.5) is 0 Å². The van der Waals surface area contributed by atoms with E-state index in [1.807, 2.05) is 12.1 Å². The molecular weight excluding hydrogens is 322 g/mol. The van der Waals surface area contributed by atoms with Gasteiger partial charge in [0.1, 0.15) is 0 Å². The first kappa shape index (κ1) is 20.5. The van der Waals surface area contributed by atoms with Crippen LogP contribution in [0.25, 0.3) is 0 Å². The highest BCUT2D eigenvalue weighted by Crippen LogP contribution is 2.11. The molecule has 0 saturated carbocycles. The molecule has 0 heterocycles. The molecule has 0 spiro atoms. The number of hydrogen-bond donors (Lipinski definition) is 2. The van der Waals surface area contributed by atoms with Crippen LogP contribution in [0.15, 0.2) is 34.2 Å². The van der Waals surface area contributed by atoms with E-state index in [4.69, 9.17) is 0 Å². The summed E-state index contributed by atoms with van der Waals surface area (Å²) in [5.41, 5.74) is 1.02. The number of rotatable bonds is 9. The summed E-state index contributed by atoms with van der Waals surface area (Å²) in [6.45, 7) is 5.97. The Morgan fingerprint density at radius 2 is 1.83 bits per heavy atom. The zero-order valence-corrected chi connectivity index (χ0v) is 16.1. The standard InChI is InChI=1S/C18H31N3O2S/c1-5-7-8-15(6-2)13-20-18(19-3)21-14-16-9-11-17(12-10-16)24(4,22)23/h9-12,15H,5-8,13-14H2,1-4H3,(H2,19,20,21).